The summed E-state index contributed by atoms with van der Waals surface area (Å²) in [6.45, 7) is 0. The third-order valence-corrected chi connectivity index (χ3v) is 4.91. The van der Waals surface area contributed by atoms with Gasteiger partial charge in [-0.25, -0.2) is 5.01 Å². The Bertz CT molecular complexity index is 1000. The van der Waals surface area contributed by atoms with Gasteiger partial charge in [0.15, 0.2) is 0 Å². The summed E-state index contributed by atoms with van der Waals surface area (Å²) in [6.07, 6.45) is 2.31. The van der Waals surface area contributed by atoms with E-state index >= 15 is 0 Å². The van der Waals surface area contributed by atoms with Gasteiger partial charge in [0.05, 0.1) is 18.5 Å². The quantitative estimate of drug-likeness (QED) is 0.645. The molecule has 1 aromatic heterocycles. The van der Waals surface area contributed by atoms with Gasteiger partial charge in [0.2, 0.25) is 0 Å². The summed E-state index contributed by atoms with van der Waals surface area (Å²) in [6, 6.07) is 19.9. The first-order valence-electron chi connectivity index (χ1n) is 8.87. The van der Waals surface area contributed by atoms with Crippen LogP contribution in [0, 0.1) is 0 Å². The fourth-order valence-electron chi connectivity index (χ4n) is 3.18. The third-order valence-electron chi connectivity index (χ3n) is 4.66. The predicted octanol–water partition coefficient (Wildman–Crippen LogP) is 4.74. The van der Waals surface area contributed by atoms with E-state index in [-0.39, 0.29) is 11.9 Å². The van der Waals surface area contributed by atoms with Crippen molar-refractivity contribution in [2.75, 3.05) is 7.11 Å². The van der Waals surface area contributed by atoms with Gasteiger partial charge < -0.3 is 4.74 Å². The molecule has 0 radical (unpaired) electrons. The van der Waals surface area contributed by atoms with Crippen LogP contribution in [0.3, 0.4) is 0 Å². The molecule has 2 heterocycles. The van der Waals surface area contributed by atoms with Crippen LogP contribution in [0.2, 0.25) is 5.02 Å². The van der Waals surface area contributed by atoms with Crippen LogP contribution < -0.4 is 4.74 Å². The molecule has 0 aliphatic carbocycles. The van der Waals surface area contributed by atoms with Crippen LogP contribution in [-0.4, -0.2) is 28.7 Å². The largest absolute Gasteiger partial charge is 0.497 e. The molecular formula is C22H18ClN3O2. The number of aromatic nitrogens is 1. The molecule has 1 aliphatic heterocycles. The van der Waals surface area contributed by atoms with Crippen molar-refractivity contribution in [3.05, 3.63) is 94.8 Å². The second-order valence-electron chi connectivity index (χ2n) is 6.41. The SMILES string of the molecule is COc1ccc(C2=NN(C(=O)c3ccc(Cl)cc3)C(c3ccccn3)C2)cc1. The molecule has 0 bridgehead atoms. The van der Waals surface area contributed by atoms with Crippen molar-refractivity contribution in [3.63, 3.8) is 0 Å². The second kappa shape index (κ2) is 7.82. The Morgan fingerprint density at radius 2 is 1.82 bits per heavy atom. The maximum Gasteiger partial charge on any atom is 0.274 e. The number of methoxy groups -OCH3 is 1. The zero-order chi connectivity index (χ0) is 19.5. The predicted molar refractivity (Wildman–Crippen MR) is 109 cm³/mol. The number of hydrazone groups is 1. The Morgan fingerprint density at radius 3 is 2.46 bits per heavy atom. The van der Waals surface area contributed by atoms with E-state index in [2.05, 4.69) is 10.1 Å². The molecule has 2 aromatic carbocycles. The van der Waals surface area contributed by atoms with E-state index in [0.29, 0.717) is 17.0 Å². The molecule has 1 amide bonds. The number of benzene rings is 2. The molecule has 0 spiro atoms. The van der Waals surface area contributed by atoms with E-state index < -0.39 is 0 Å². The summed E-state index contributed by atoms with van der Waals surface area (Å²) in [7, 11) is 1.63. The highest BCUT2D eigenvalue weighted by atomic mass is 35.5. The second-order valence-corrected chi connectivity index (χ2v) is 6.84. The number of pyridine rings is 1. The van der Waals surface area contributed by atoms with Gasteiger partial charge in [-0.2, -0.15) is 5.10 Å². The zero-order valence-electron chi connectivity index (χ0n) is 15.2. The van der Waals surface area contributed by atoms with Crippen LogP contribution in [0.4, 0.5) is 0 Å². The Labute approximate surface area is 168 Å². The molecule has 0 N–H and O–H groups in total. The molecule has 3 aromatic rings. The molecule has 5 nitrogen and oxygen atoms in total. The maximum absolute atomic E-state index is 13.1. The third kappa shape index (κ3) is 3.62. The molecule has 0 saturated carbocycles. The smallest absolute Gasteiger partial charge is 0.274 e. The lowest BCUT2D eigenvalue weighted by molar-refractivity contribution is 0.0708. The van der Waals surface area contributed by atoms with Crippen molar-refractivity contribution in [2.45, 2.75) is 12.5 Å². The molecule has 4 rings (SSSR count). The van der Waals surface area contributed by atoms with E-state index in [0.717, 1.165) is 22.7 Å². The van der Waals surface area contributed by atoms with Crippen LogP contribution in [0.1, 0.15) is 34.1 Å². The number of nitrogens with zero attached hydrogens (tertiary/aromatic N) is 3. The molecule has 0 fully saturated rings. The molecule has 1 aliphatic rings. The number of ether oxygens (including phenoxy) is 1. The van der Waals surface area contributed by atoms with Crippen molar-refractivity contribution in [2.24, 2.45) is 5.10 Å². The number of carbonyl (C=O) groups excluding carboxylic acids is 1. The average molecular weight is 392 g/mol. The molecular weight excluding hydrogens is 374 g/mol. The summed E-state index contributed by atoms with van der Waals surface area (Å²) in [5.41, 5.74) is 3.12. The van der Waals surface area contributed by atoms with E-state index in [1.165, 1.54) is 5.01 Å². The summed E-state index contributed by atoms with van der Waals surface area (Å²) in [5, 5.41) is 6.76. The summed E-state index contributed by atoms with van der Waals surface area (Å²) < 4.78 is 5.22. The van der Waals surface area contributed by atoms with Crippen molar-refractivity contribution < 1.29 is 9.53 Å². The number of amides is 1. The molecule has 1 unspecified atom stereocenters. The lowest BCUT2D eigenvalue weighted by atomic mass is 10.0. The van der Waals surface area contributed by atoms with Crippen molar-refractivity contribution in [3.8, 4) is 5.75 Å². The monoisotopic (exact) mass is 391 g/mol. The highest BCUT2D eigenvalue weighted by molar-refractivity contribution is 6.30. The van der Waals surface area contributed by atoms with Crippen LogP contribution in [0.15, 0.2) is 78.0 Å². The fraction of sp³-hybridized carbons (Fsp3) is 0.136. The number of hydrogen-bond donors (Lipinski definition) is 0. The van der Waals surface area contributed by atoms with Gasteiger partial charge in [-0.15, -0.1) is 0 Å². The van der Waals surface area contributed by atoms with Crippen LogP contribution in [-0.2, 0) is 0 Å². The average Bonchev–Trinajstić information content (AvgIpc) is 3.20. The molecule has 0 saturated heterocycles. The fourth-order valence-corrected chi connectivity index (χ4v) is 3.31. The van der Waals surface area contributed by atoms with E-state index in [4.69, 9.17) is 16.3 Å². The van der Waals surface area contributed by atoms with Gasteiger partial charge in [0.25, 0.3) is 5.91 Å². The lowest BCUT2D eigenvalue weighted by Gasteiger charge is -2.21. The van der Waals surface area contributed by atoms with Crippen molar-refractivity contribution in [1.29, 1.82) is 0 Å². The van der Waals surface area contributed by atoms with Crippen molar-refractivity contribution in [1.82, 2.24) is 9.99 Å². The minimum absolute atomic E-state index is 0.184. The number of rotatable bonds is 4. The van der Waals surface area contributed by atoms with Gasteiger partial charge >= 0.3 is 0 Å². The number of halogens is 1. The van der Waals surface area contributed by atoms with Gasteiger partial charge in [0.1, 0.15) is 11.8 Å². The van der Waals surface area contributed by atoms with E-state index in [1.807, 2.05) is 42.5 Å². The van der Waals surface area contributed by atoms with Crippen LogP contribution in [0.25, 0.3) is 0 Å². The molecule has 6 heteroatoms. The molecule has 140 valence electrons. The Hall–Kier alpha value is -3.18. The number of hydrogen-bond acceptors (Lipinski definition) is 4. The standard InChI is InChI=1S/C22H18ClN3O2/c1-28-18-11-7-15(8-12-18)20-14-21(19-4-2-3-13-24-19)26(25-20)22(27)16-5-9-17(23)10-6-16/h2-13,21H,14H2,1H3. The maximum atomic E-state index is 13.1. The molecule has 28 heavy (non-hydrogen) atoms. The van der Waals surface area contributed by atoms with Crippen LogP contribution in [0.5, 0.6) is 5.75 Å². The topological polar surface area (TPSA) is 54.8 Å². The summed E-state index contributed by atoms with van der Waals surface area (Å²) in [4.78, 5) is 17.6. The summed E-state index contributed by atoms with van der Waals surface area (Å²) in [5.74, 6) is 0.591. The minimum atomic E-state index is -0.263. The normalized spacial score (nSPS) is 16.0. The highest BCUT2D eigenvalue weighted by Crippen LogP contribution is 2.33. The first-order chi connectivity index (χ1) is 13.7. The highest BCUT2D eigenvalue weighted by Gasteiger charge is 2.34. The van der Waals surface area contributed by atoms with E-state index in [1.54, 1.807) is 37.6 Å². The first-order valence-corrected chi connectivity index (χ1v) is 9.25. The molecule has 1 atom stereocenters. The zero-order valence-corrected chi connectivity index (χ0v) is 16.0. The van der Waals surface area contributed by atoms with Crippen LogP contribution >= 0.6 is 11.6 Å². The van der Waals surface area contributed by atoms with Gasteiger partial charge in [-0.3, -0.25) is 9.78 Å². The summed E-state index contributed by atoms with van der Waals surface area (Å²) >= 11 is 5.96. The van der Waals surface area contributed by atoms with E-state index in [9.17, 15) is 4.79 Å². The lowest BCUT2D eigenvalue weighted by Crippen LogP contribution is -2.27. The Morgan fingerprint density at radius 1 is 1.07 bits per heavy atom. The van der Waals surface area contributed by atoms with Gasteiger partial charge in [-0.1, -0.05) is 17.7 Å². The van der Waals surface area contributed by atoms with Gasteiger partial charge in [0, 0.05) is 23.2 Å². The number of carbonyl (C=O) groups is 1. The first kappa shape index (κ1) is 18.2. The van der Waals surface area contributed by atoms with Gasteiger partial charge in [-0.05, 0) is 66.2 Å². The Kier molecular flexibility index (Phi) is 5.08. The Balaban J connectivity index is 1.70. The minimum Gasteiger partial charge on any atom is -0.497 e. The van der Waals surface area contributed by atoms with Crippen molar-refractivity contribution >= 4 is 23.2 Å².